The van der Waals surface area contributed by atoms with Gasteiger partial charge in [-0.1, -0.05) is 23.3 Å². The fourth-order valence-corrected chi connectivity index (χ4v) is 5.33. The lowest BCUT2D eigenvalue weighted by Crippen LogP contribution is -2.52. The number of carbonyl (C=O) groups is 1. The van der Waals surface area contributed by atoms with Crippen molar-refractivity contribution >= 4 is 17.2 Å². The van der Waals surface area contributed by atoms with Gasteiger partial charge in [0.05, 0.1) is 19.6 Å². The Morgan fingerprint density at radius 2 is 2.07 bits per heavy atom. The van der Waals surface area contributed by atoms with E-state index in [0.29, 0.717) is 6.54 Å². The molecule has 2 aromatic rings. The zero-order valence-electron chi connectivity index (χ0n) is 16.3. The summed E-state index contributed by atoms with van der Waals surface area (Å²) in [6.07, 6.45) is 0.0160. The average Bonchev–Trinajstić information content (AvgIpc) is 3.40. The van der Waals surface area contributed by atoms with Crippen molar-refractivity contribution in [3.63, 3.8) is 0 Å². The number of alkyl halides is 1. The van der Waals surface area contributed by atoms with Crippen molar-refractivity contribution in [3.05, 3.63) is 55.8 Å². The molecule has 1 saturated carbocycles. The Kier molecular flexibility index (Phi) is 4.89. The van der Waals surface area contributed by atoms with Gasteiger partial charge in [0.15, 0.2) is 0 Å². The van der Waals surface area contributed by atoms with Crippen molar-refractivity contribution in [3.8, 4) is 10.4 Å². The number of amides is 1. The molecule has 1 amide bonds. The van der Waals surface area contributed by atoms with Crippen LogP contribution in [0.2, 0.25) is 0 Å². The number of benzene rings is 1. The van der Waals surface area contributed by atoms with E-state index in [-0.39, 0.29) is 30.8 Å². The van der Waals surface area contributed by atoms with Crippen molar-refractivity contribution in [1.82, 2.24) is 4.90 Å². The molecule has 1 aliphatic carbocycles. The summed E-state index contributed by atoms with van der Waals surface area (Å²) >= 11 is 1.68. The van der Waals surface area contributed by atoms with E-state index in [9.17, 15) is 9.18 Å². The van der Waals surface area contributed by atoms with Crippen LogP contribution in [0.3, 0.4) is 0 Å². The van der Waals surface area contributed by atoms with Crippen LogP contribution in [-0.4, -0.2) is 30.1 Å². The molecule has 1 aromatic heterocycles. The maximum Gasteiger partial charge on any atom is 0.226 e. The molecule has 2 heterocycles. The number of nitrogens with zero attached hydrogens (tertiary/aromatic N) is 4. The number of rotatable bonds is 5. The van der Waals surface area contributed by atoms with Crippen LogP contribution >= 0.6 is 11.3 Å². The van der Waals surface area contributed by atoms with E-state index >= 15 is 0 Å². The molecule has 2 fully saturated rings. The van der Waals surface area contributed by atoms with Crippen LogP contribution in [0.15, 0.2) is 23.3 Å². The SMILES string of the molecule is Cc1cc(C2CC2C(=O)N2CC(F)C2)ccc1-c1sc(CN=[N+]=[N-])c(C)c1C. The molecule has 1 aromatic carbocycles. The van der Waals surface area contributed by atoms with E-state index in [2.05, 4.69) is 49.0 Å². The predicted molar refractivity (Wildman–Crippen MR) is 109 cm³/mol. The van der Waals surface area contributed by atoms with Gasteiger partial charge in [0.25, 0.3) is 0 Å². The second kappa shape index (κ2) is 7.22. The third-order valence-corrected chi connectivity index (χ3v) is 7.42. The third kappa shape index (κ3) is 3.29. The van der Waals surface area contributed by atoms with E-state index in [0.717, 1.165) is 11.3 Å². The van der Waals surface area contributed by atoms with E-state index in [1.807, 2.05) is 0 Å². The molecular formula is C21H23FN4OS. The lowest BCUT2D eigenvalue weighted by Gasteiger charge is -2.34. The predicted octanol–water partition coefficient (Wildman–Crippen LogP) is 5.43. The summed E-state index contributed by atoms with van der Waals surface area (Å²) in [7, 11) is 0. The molecule has 0 bridgehead atoms. The molecule has 2 atom stereocenters. The number of thiophene rings is 1. The number of azide groups is 1. The van der Waals surface area contributed by atoms with Gasteiger partial charge in [-0.2, -0.15) is 0 Å². The topological polar surface area (TPSA) is 69.1 Å². The van der Waals surface area contributed by atoms with Gasteiger partial charge < -0.3 is 4.90 Å². The van der Waals surface area contributed by atoms with Gasteiger partial charge in [0.2, 0.25) is 5.91 Å². The summed E-state index contributed by atoms with van der Waals surface area (Å²) in [6.45, 7) is 7.18. The van der Waals surface area contributed by atoms with Gasteiger partial charge in [0.1, 0.15) is 6.17 Å². The zero-order valence-corrected chi connectivity index (χ0v) is 17.1. The van der Waals surface area contributed by atoms with Crippen LogP contribution in [0.5, 0.6) is 0 Å². The number of aryl methyl sites for hydroxylation is 1. The summed E-state index contributed by atoms with van der Waals surface area (Å²) in [5.41, 5.74) is 14.6. The van der Waals surface area contributed by atoms with Crippen molar-refractivity contribution in [2.45, 2.75) is 45.8 Å². The Labute approximate surface area is 167 Å². The zero-order chi connectivity index (χ0) is 20.0. The number of carbonyl (C=O) groups excluding carboxylic acids is 1. The molecule has 0 radical (unpaired) electrons. The monoisotopic (exact) mass is 398 g/mol. The van der Waals surface area contributed by atoms with Gasteiger partial charge in [-0.05, 0) is 66.5 Å². The van der Waals surface area contributed by atoms with E-state index in [1.165, 1.54) is 32.7 Å². The number of likely N-dealkylation sites (tertiary alicyclic amines) is 1. The van der Waals surface area contributed by atoms with Gasteiger partial charge in [-0.25, -0.2) is 4.39 Å². The Morgan fingerprint density at radius 1 is 1.32 bits per heavy atom. The summed E-state index contributed by atoms with van der Waals surface area (Å²) in [4.78, 5) is 19.2. The number of halogens is 1. The number of hydrogen-bond donors (Lipinski definition) is 0. The molecule has 0 spiro atoms. The van der Waals surface area contributed by atoms with Gasteiger partial charge in [-0.3, -0.25) is 4.79 Å². The molecule has 28 heavy (non-hydrogen) atoms. The van der Waals surface area contributed by atoms with Crippen molar-refractivity contribution in [1.29, 1.82) is 0 Å². The smallest absolute Gasteiger partial charge is 0.226 e. The highest BCUT2D eigenvalue weighted by atomic mass is 32.1. The van der Waals surface area contributed by atoms with Crippen LogP contribution < -0.4 is 0 Å². The quantitative estimate of drug-likeness (QED) is 0.376. The summed E-state index contributed by atoms with van der Waals surface area (Å²) in [5, 5.41) is 3.71. The molecule has 2 unspecified atom stereocenters. The van der Waals surface area contributed by atoms with E-state index in [4.69, 9.17) is 5.53 Å². The van der Waals surface area contributed by atoms with Crippen molar-refractivity contribution in [2.75, 3.05) is 13.1 Å². The van der Waals surface area contributed by atoms with Crippen LogP contribution in [0, 0.1) is 26.7 Å². The Hall–Kier alpha value is -2.37. The van der Waals surface area contributed by atoms with Crippen LogP contribution in [0.1, 0.15) is 39.5 Å². The molecule has 146 valence electrons. The lowest BCUT2D eigenvalue weighted by atomic mass is 9.98. The summed E-state index contributed by atoms with van der Waals surface area (Å²) in [5.74, 6) is 0.373. The molecular weight excluding hydrogens is 375 g/mol. The Morgan fingerprint density at radius 3 is 2.71 bits per heavy atom. The van der Waals surface area contributed by atoms with Gasteiger partial charge in [-0.15, -0.1) is 11.3 Å². The standard InChI is InChI=1S/C21H23FN4OS/c1-11-6-14(17-7-18(17)21(27)26-9-15(22)10-26)4-5-16(11)20-13(3)12(2)19(28-20)8-24-25-23/h4-6,15,17-18H,7-10H2,1-3H3. The minimum Gasteiger partial charge on any atom is -0.336 e. The fourth-order valence-electron chi connectivity index (χ4n) is 4.01. The third-order valence-electron chi connectivity index (χ3n) is 6.00. The highest BCUT2D eigenvalue weighted by Crippen LogP contribution is 2.50. The first-order valence-corrected chi connectivity index (χ1v) is 10.4. The maximum atomic E-state index is 13.0. The van der Waals surface area contributed by atoms with Crippen molar-refractivity contribution in [2.24, 2.45) is 11.0 Å². The molecule has 1 saturated heterocycles. The molecule has 0 N–H and O–H groups in total. The highest BCUT2D eigenvalue weighted by molar-refractivity contribution is 7.15. The van der Waals surface area contributed by atoms with E-state index in [1.54, 1.807) is 16.2 Å². The lowest BCUT2D eigenvalue weighted by molar-refractivity contribution is -0.139. The van der Waals surface area contributed by atoms with Gasteiger partial charge in [0, 0.05) is 20.6 Å². The first-order chi connectivity index (χ1) is 13.4. The summed E-state index contributed by atoms with van der Waals surface area (Å²) < 4.78 is 13.0. The highest BCUT2D eigenvalue weighted by Gasteiger charge is 2.48. The van der Waals surface area contributed by atoms with Crippen LogP contribution in [0.25, 0.3) is 20.9 Å². The average molecular weight is 399 g/mol. The van der Waals surface area contributed by atoms with Crippen LogP contribution in [0.4, 0.5) is 4.39 Å². The van der Waals surface area contributed by atoms with E-state index < -0.39 is 6.17 Å². The molecule has 5 nitrogen and oxygen atoms in total. The molecule has 4 rings (SSSR count). The first-order valence-electron chi connectivity index (χ1n) is 9.54. The largest absolute Gasteiger partial charge is 0.336 e. The molecule has 1 aliphatic heterocycles. The Balaban J connectivity index is 1.53. The molecule has 2 aliphatic rings. The fraction of sp³-hybridized carbons (Fsp3) is 0.476. The van der Waals surface area contributed by atoms with Gasteiger partial charge >= 0.3 is 0 Å². The van der Waals surface area contributed by atoms with Crippen molar-refractivity contribution < 1.29 is 9.18 Å². The number of hydrogen-bond acceptors (Lipinski definition) is 3. The normalized spacial score (nSPS) is 21.2. The first kappa shape index (κ1) is 19.0. The van der Waals surface area contributed by atoms with Crippen LogP contribution in [-0.2, 0) is 11.3 Å². The second-order valence-corrected chi connectivity index (χ2v) is 8.96. The summed E-state index contributed by atoms with van der Waals surface area (Å²) in [6, 6.07) is 6.44. The minimum absolute atomic E-state index is 0.0129. The molecule has 7 heteroatoms. The maximum absolute atomic E-state index is 13.0. The second-order valence-electron chi connectivity index (χ2n) is 7.86. The Bertz CT molecular complexity index is 989. The minimum atomic E-state index is -0.844.